The number of hydrogen-bond acceptors (Lipinski definition) is 2. The Morgan fingerprint density at radius 2 is 1.17 bits per heavy atom. The Labute approximate surface area is 145 Å². The molecular weight excluding hydrogens is 314 g/mol. The van der Waals surface area contributed by atoms with Crippen molar-refractivity contribution in [2.75, 3.05) is 12.7 Å². The molecule has 0 saturated carbocycles. The largest absolute Gasteiger partial charge is 0.422 e. The normalized spacial score (nSPS) is 11.9. The molecule has 1 unspecified atom stereocenters. The molecule has 4 heteroatoms. The lowest BCUT2D eigenvalue weighted by Gasteiger charge is -2.20. The van der Waals surface area contributed by atoms with Gasteiger partial charge in [0, 0.05) is 0 Å². The zero-order valence-corrected chi connectivity index (χ0v) is 14.3. The van der Waals surface area contributed by atoms with Crippen molar-refractivity contribution in [1.82, 2.24) is 0 Å². The summed E-state index contributed by atoms with van der Waals surface area (Å²) in [5.74, 6) is 0. The highest BCUT2D eigenvalue weighted by molar-refractivity contribution is 7.65. The molecule has 3 aromatic rings. The van der Waals surface area contributed by atoms with E-state index in [0.717, 1.165) is 16.2 Å². The van der Waals surface area contributed by atoms with Crippen LogP contribution in [0.2, 0.25) is 0 Å². The first-order valence-electron chi connectivity index (χ1n) is 8.01. The van der Waals surface area contributed by atoms with Crippen LogP contribution < -0.4 is 16.2 Å². The average molecular weight is 334 g/mol. The molecule has 0 aliphatic rings. The summed E-state index contributed by atoms with van der Waals surface area (Å²) in [5.41, 5.74) is 2.26. The number of hydrogen-bond donors (Lipinski definition) is 1. The summed E-state index contributed by atoms with van der Waals surface area (Å²) in [7, 11) is -0.733. The minimum atomic E-state index is -0.733. The van der Waals surface area contributed by atoms with Gasteiger partial charge in [0.2, 0.25) is 0 Å². The molecule has 0 spiro atoms. The third-order valence-electron chi connectivity index (χ3n) is 3.89. The average Bonchev–Trinajstić information content (AvgIpc) is 2.67. The fraction of sp³-hybridized carbons (Fsp3) is 0.100. The van der Waals surface area contributed by atoms with Gasteiger partial charge in [0.25, 0.3) is 0 Å². The maximum atomic E-state index is 9.78. The van der Waals surface area contributed by atoms with Crippen LogP contribution in [0, 0.1) is 0 Å². The fourth-order valence-electron chi connectivity index (χ4n) is 2.64. The van der Waals surface area contributed by atoms with E-state index in [1.807, 2.05) is 54.6 Å². The molecule has 0 aromatic heterocycles. The monoisotopic (exact) mass is 334 g/mol. The minimum absolute atomic E-state index is 0.118. The van der Waals surface area contributed by atoms with Gasteiger partial charge in [-0.3, -0.25) is 0 Å². The van der Waals surface area contributed by atoms with Gasteiger partial charge in [-0.1, -0.05) is 91.0 Å². The second kappa shape index (κ2) is 8.80. The van der Waals surface area contributed by atoms with E-state index in [2.05, 4.69) is 36.4 Å². The zero-order chi connectivity index (χ0) is 16.6. The molecule has 0 radical (unpaired) electrons. The summed E-state index contributed by atoms with van der Waals surface area (Å²) >= 11 is 0. The first-order chi connectivity index (χ1) is 11.9. The van der Waals surface area contributed by atoms with Crippen LogP contribution in [0.1, 0.15) is 0 Å². The molecule has 24 heavy (non-hydrogen) atoms. The van der Waals surface area contributed by atoms with Gasteiger partial charge < -0.3 is 9.76 Å². The highest BCUT2D eigenvalue weighted by Crippen LogP contribution is 2.32. The summed E-state index contributed by atoms with van der Waals surface area (Å²) in [6.07, 6.45) is 0.667. The number of aliphatic hydroxyl groups excluding tert-OH is 1. The van der Waals surface area contributed by atoms with E-state index in [9.17, 15) is 5.11 Å². The first-order valence-corrected chi connectivity index (χ1v) is 9.72. The Bertz CT molecular complexity index is 683. The van der Waals surface area contributed by atoms with Gasteiger partial charge in [0.05, 0.1) is 12.7 Å². The van der Waals surface area contributed by atoms with Crippen molar-refractivity contribution in [3.63, 3.8) is 0 Å². The van der Waals surface area contributed by atoms with Gasteiger partial charge in [-0.15, -0.1) is 0 Å². The van der Waals surface area contributed by atoms with Gasteiger partial charge in [-0.2, -0.15) is 0 Å². The standard InChI is InChI=1S/C20H20BO2P/c22-16-24(20-14-8-3-9-15-20)17-23-21(18-10-4-1-5-11-18)19-12-6-2-7-13-19/h1-15,22H,16-17H2. The van der Waals surface area contributed by atoms with Crippen LogP contribution in [0.15, 0.2) is 91.0 Å². The number of rotatable bonds is 7. The molecule has 3 aromatic carbocycles. The third kappa shape index (κ3) is 4.33. The van der Waals surface area contributed by atoms with Crippen LogP contribution in [0.4, 0.5) is 0 Å². The van der Waals surface area contributed by atoms with Crippen molar-refractivity contribution in [2.45, 2.75) is 0 Å². The molecule has 0 saturated heterocycles. The maximum absolute atomic E-state index is 9.78. The van der Waals surface area contributed by atoms with E-state index in [-0.39, 0.29) is 13.3 Å². The molecule has 3 rings (SSSR count). The summed E-state index contributed by atoms with van der Waals surface area (Å²) in [4.78, 5) is 0. The molecule has 0 aliphatic heterocycles. The molecule has 0 aliphatic carbocycles. The Morgan fingerprint density at radius 1 is 0.708 bits per heavy atom. The van der Waals surface area contributed by atoms with Crippen LogP contribution in [0.3, 0.4) is 0 Å². The van der Waals surface area contributed by atoms with Crippen LogP contribution in [-0.4, -0.2) is 24.7 Å². The Balaban J connectivity index is 1.80. The van der Waals surface area contributed by atoms with E-state index in [1.54, 1.807) is 0 Å². The quantitative estimate of drug-likeness (QED) is 0.532. The second-order valence-electron chi connectivity index (χ2n) is 5.51. The van der Waals surface area contributed by atoms with Crippen molar-refractivity contribution in [2.24, 2.45) is 0 Å². The van der Waals surface area contributed by atoms with Crippen LogP contribution in [0.5, 0.6) is 0 Å². The summed E-state index contributed by atoms with van der Waals surface area (Å²) in [6, 6.07) is 30.6. The van der Waals surface area contributed by atoms with E-state index < -0.39 is 7.92 Å². The van der Waals surface area contributed by atoms with Gasteiger partial charge in [-0.05, 0) is 24.2 Å². The second-order valence-corrected chi connectivity index (χ2v) is 7.65. The molecule has 0 fully saturated rings. The van der Waals surface area contributed by atoms with Crippen LogP contribution in [0.25, 0.3) is 0 Å². The van der Waals surface area contributed by atoms with Crippen molar-refractivity contribution >= 4 is 31.1 Å². The molecule has 1 atom stereocenters. The summed E-state index contributed by atoms with van der Waals surface area (Å²) < 4.78 is 6.29. The lowest BCUT2D eigenvalue weighted by Crippen LogP contribution is -2.45. The van der Waals surface area contributed by atoms with E-state index >= 15 is 0 Å². The Kier molecular flexibility index (Phi) is 6.20. The van der Waals surface area contributed by atoms with E-state index in [4.69, 9.17) is 4.65 Å². The van der Waals surface area contributed by atoms with Crippen molar-refractivity contribution in [3.8, 4) is 0 Å². The van der Waals surface area contributed by atoms with Crippen molar-refractivity contribution in [3.05, 3.63) is 91.0 Å². The van der Waals surface area contributed by atoms with Gasteiger partial charge in [0.15, 0.2) is 0 Å². The first kappa shape index (κ1) is 16.9. The highest BCUT2D eigenvalue weighted by atomic mass is 31.1. The van der Waals surface area contributed by atoms with Gasteiger partial charge in [0.1, 0.15) is 0 Å². The summed E-state index contributed by atoms with van der Waals surface area (Å²) in [5, 5.41) is 10.9. The lowest BCUT2D eigenvalue weighted by molar-refractivity contribution is 0.359. The zero-order valence-electron chi connectivity index (χ0n) is 13.5. The predicted octanol–water partition coefficient (Wildman–Crippen LogP) is 2.52. The topological polar surface area (TPSA) is 29.5 Å². The third-order valence-corrected chi connectivity index (χ3v) is 5.72. The fourth-order valence-corrected chi connectivity index (χ4v) is 3.96. The Morgan fingerprint density at radius 3 is 1.62 bits per heavy atom. The number of benzene rings is 3. The molecule has 120 valence electrons. The molecule has 2 nitrogen and oxygen atoms in total. The molecular formula is C20H20BO2P. The van der Waals surface area contributed by atoms with Crippen LogP contribution in [-0.2, 0) is 4.65 Å². The van der Waals surface area contributed by atoms with Gasteiger partial charge in [-0.25, -0.2) is 0 Å². The molecule has 1 N–H and O–H groups in total. The highest BCUT2D eigenvalue weighted by Gasteiger charge is 2.22. The van der Waals surface area contributed by atoms with Crippen LogP contribution >= 0.6 is 7.92 Å². The minimum Gasteiger partial charge on any atom is -0.422 e. The maximum Gasteiger partial charge on any atom is 0.361 e. The smallest absolute Gasteiger partial charge is 0.361 e. The summed E-state index contributed by atoms with van der Waals surface area (Å²) in [6.45, 7) is -0.118. The van der Waals surface area contributed by atoms with Gasteiger partial charge >= 0.3 is 6.92 Å². The van der Waals surface area contributed by atoms with Crippen molar-refractivity contribution in [1.29, 1.82) is 0 Å². The Hall–Kier alpha value is -1.93. The molecule has 0 bridgehead atoms. The predicted molar refractivity (Wildman–Crippen MR) is 104 cm³/mol. The lowest BCUT2D eigenvalue weighted by atomic mass is 9.55. The SMILES string of the molecule is OCP(COB(c1ccccc1)c1ccccc1)c1ccccc1. The van der Waals surface area contributed by atoms with E-state index in [1.165, 1.54) is 0 Å². The molecule has 0 amide bonds. The number of aliphatic hydroxyl groups is 1. The van der Waals surface area contributed by atoms with E-state index in [0.29, 0.717) is 6.35 Å². The van der Waals surface area contributed by atoms with Crippen molar-refractivity contribution < 1.29 is 9.76 Å². The molecule has 0 heterocycles.